The highest BCUT2D eigenvalue weighted by molar-refractivity contribution is 5.91. The zero-order chi connectivity index (χ0) is 30.4. The van der Waals surface area contributed by atoms with Crippen molar-refractivity contribution in [2.75, 3.05) is 32.1 Å². The van der Waals surface area contributed by atoms with E-state index in [4.69, 9.17) is 4.74 Å². The highest BCUT2D eigenvalue weighted by Crippen LogP contribution is 2.31. The number of hydrogen-bond acceptors (Lipinski definition) is 8. The second-order valence-electron chi connectivity index (χ2n) is 10.7. The molecule has 0 unspecified atom stereocenters. The second kappa shape index (κ2) is 13.3. The normalized spacial score (nSPS) is 18.5. The Hall–Kier alpha value is -4.04. The van der Waals surface area contributed by atoms with Crippen LogP contribution in [0.5, 0.6) is 5.75 Å². The zero-order valence-corrected chi connectivity index (χ0v) is 23.6. The van der Waals surface area contributed by atoms with E-state index in [0.717, 1.165) is 17.7 Å². The van der Waals surface area contributed by atoms with E-state index in [1.807, 2.05) is 18.9 Å². The molecule has 0 saturated carbocycles. The number of benzene rings is 2. The molecule has 3 aromatic rings. The number of halogens is 3. The van der Waals surface area contributed by atoms with Crippen molar-refractivity contribution in [2.24, 2.45) is 5.92 Å². The van der Waals surface area contributed by atoms with Gasteiger partial charge in [0, 0.05) is 36.8 Å². The fourth-order valence-corrected chi connectivity index (χ4v) is 4.81. The van der Waals surface area contributed by atoms with Crippen LogP contribution in [0, 0.1) is 5.92 Å². The molecule has 11 nitrogen and oxygen atoms in total. The van der Waals surface area contributed by atoms with Gasteiger partial charge in [-0.3, -0.25) is 14.5 Å². The molecule has 0 aliphatic carbocycles. The van der Waals surface area contributed by atoms with E-state index in [1.165, 1.54) is 23.1 Å². The highest BCUT2D eigenvalue weighted by Gasteiger charge is 2.32. The lowest BCUT2D eigenvalue weighted by Gasteiger charge is -2.34. The number of alkyl halides is 3. The largest absolute Gasteiger partial charge is 0.488 e. The molecule has 0 bridgehead atoms. The van der Waals surface area contributed by atoms with Crippen LogP contribution in [-0.4, -0.2) is 85.8 Å². The van der Waals surface area contributed by atoms with Gasteiger partial charge >= 0.3 is 6.18 Å². The molecule has 2 heterocycles. The van der Waals surface area contributed by atoms with Gasteiger partial charge in [0.05, 0.1) is 24.6 Å². The standard InChI is InChI=1S/C28H34F3N7O4/c1-18-12-38(19(2)16-39)27(41)11-21-10-23(33-26(40)15-37-17-32-34-35-37)8-9-24(21)42-25(18)14-36(3)13-20-4-6-22(7-5-20)28(29,30)31/h4-10,17-19,25,39H,11-16H2,1-3H3,(H,33,40)/t18-,19-,25+/m0/s1. The van der Waals surface area contributed by atoms with E-state index >= 15 is 0 Å². The number of rotatable bonds is 9. The van der Waals surface area contributed by atoms with Crippen LogP contribution in [0.25, 0.3) is 0 Å². The van der Waals surface area contributed by atoms with E-state index in [2.05, 4.69) is 20.8 Å². The first kappa shape index (κ1) is 30.9. The molecule has 0 radical (unpaired) electrons. The van der Waals surface area contributed by atoms with Crippen LogP contribution >= 0.6 is 0 Å². The van der Waals surface area contributed by atoms with Crippen molar-refractivity contribution in [1.29, 1.82) is 0 Å². The second-order valence-corrected chi connectivity index (χ2v) is 10.7. The Morgan fingerprint density at radius 1 is 1.24 bits per heavy atom. The van der Waals surface area contributed by atoms with E-state index in [-0.39, 0.29) is 37.3 Å². The van der Waals surface area contributed by atoms with Crippen molar-refractivity contribution in [3.8, 4) is 5.75 Å². The number of fused-ring (bicyclic) bond motifs is 1. The predicted octanol–water partition coefficient (Wildman–Crippen LogP) is 2.61. The lowest BCUT2D eigenvalue weighted by molar-refractivity contribution is -0.137. The molecule has 4 rings (SSSR count). The maximum atomic E-state index is 13.4. The van der Waals surface area contributed by atoms with Crippen molar-refractivity contribution >= 4 is 17.5 Å². The summed E-state index contributed by atoms with van der Waals surface area (Å²) < 4.78 is 46.7. The van der Waals surface area contributed by atoms with Crippen molar-refractivity contribution in [3.05, 3.63) is 65.5 Å². The van der Waals surface area contributed by atoms with Gasteiger partial charge < -0.3 is 20.1 Å². The Morgan fingerprint density at radius 2 is 1.98 bits per heavy atom. The maximum Gasteiger partial charge on any atom is 0.416 e. The third kappa shape index (κ3) is 8.03. The third-order valence-electron chi connectivity index (χ3n) is 7.12. The number of carbonyl (C=O) groups is 2. The highest BCUT2D eigenvalue weighted by atomic mass is 19.4. The van der Waals surface area contributed by atoms with Crippen LogP contribution in [0.15, 0.2) is 48.8 Å². The van der Waals surface area contributed by atoms with Gasteiger partial charge in [0.25, 0.3) is 0 Å². The lowest BCUT2D eigenvalue weighted by Crippen LogP contribution is -2.47. The first-order valence-electron chi connectivity index (χ1n) is 13.5. The van der Waals surface area contributed by atoms with Crippen LogP contribution in [0.1, 0.15) is 30.5 Å². The van der Waals surface area contributed by atoms with Crippen molar-refractivity contribution < 1.29 is 32.6 Å². The molecule has 14 heteroatoms. The van der Waals surface area contributed by atoms with Gasteiger partial charge in [-0.15, -0.1) is 5.10 Å². The molecule has 3 atom stereocenters. The summed E-state index contributed by atoms with van der Waals surface area (Å²) in [5.74, 6) is -0.214. The summed E-state index contributed by atoms with van der Waals surface area (Å²) in [6.07, 6.45) is -3.48. The summed E-state index contributed by atoms with van der Waals surface area (Å²) in [6.45, 7) is 4.57. The molecule has 1 aromatic heterocycles. The number of likely N-dealkylation sites (N-methyl/N-ethyl adjacent to an activating group) is 1. The minimum Gasteiger partial charge on any atom is -0.488 e. The number of amides is 2. The van der Waals surface area contributed by atoms with Crippen LogP contribution in [0.2, 0.25) is 0 Å². The zero-order valence-electron chi connectivity index (χ0n) is 23.6. The lowest BCUT2D eigenvalue weighted by atomic mass is 10.0. The first-order chi connectivity index (χ1) is 19.9. The summed E-state index contributed by atoms with van der Waals surface area (Å²) in [5, 5.41) is 23.3. The number of aliphatic hydroxyl groups is 1. The van der Waals surface area contributed by atoms with Crippen molar-refractivity contribution in [2.45, 2.75) is 51.7 Å². The Bertz CT molecular complexity index is 1350. The SMILES string of the molecule is C[C@H]1CN([C@@H](C)CO)C(=O)Cc2cc(NC(=O)Cn3cnnn3)ccc2O[C@@H]1CN(C)Cc1ccc(C(F)(F)F)cc1. The molecule has 0 spiro atoms. The van der Waals surface area contributed by atoms with Gasteiger partial charge in [0.2, 0.25) is 11.8 Å². The summed E-state index contributed by atoms with van der Waals surface area (Å²) >= 11 is 0. The van der Waals surface area contributed by atoms with Crippen LogP contribution in [-0.2, 0) is 35.3 Å². The van der Waals surface area contributed by atoms with Crippen molar-refractivity contribution in [1.82, 2.24) is 30.0 Å². The van der Waals surface area contributed by atoms with E-state index in [9.17, 15) is 27.9 Å². The number of tetrazole rings is 1. The fraction of sp³-hybridized carbons (Fsp3) is 0.464. The number of aromatic nitrogens is 4. The van der Waals surface area contributed by atoms with Crippen LogP contribution in [0.3, 0.4) is 0 Å². The Morgan fingerprint density at radius 3 is 2.62 bits per heavy atom. The molecule has 42 heavy (non-hydrogen) atoms. The number of nitrogens with one attached hydrogen (secondary N) is 1. The van der Waals surface area contributed by atoms with E-state index in [1.54, 1.807) is 30.0 Å². The van der Waals surface area contributed by atoms with Gasteiger partial charge in [-0.2, -0.15) is 13.2 Å². The molecule has 2 amide bonds. The molecule has 2 N–H and O–H groups in total. The van der Waals surface area contributed by atoms with Crippen molar-refractivity contribution in [3.63, 3.8) is 0 Å². The molecular weight excluding hydrogens is 555 g/mol. The van der Waals surface area contributed by atoms with E-state index < -0.39 is 23.9 Å². The van der Waals surface area contributed by atoms with Gasteiger partial charge in [-0.1, -0.05) is 19.1 Å². The molecule has 1 aliphatic heterocycles. The maximum absolute atomic E-state index is 13.4. The topological polar surface area (TPSA) is 126 Å². The Balaban J connectivity index is 1.54. The number of carbonyl (C=O) groups excluding carboxylic acids is 2. The third-order valence-corrected chi connectivity index (χ3v) is 7.12. The summed E-state index contributed by atoms with van der Waals surface area (Å²) in [4.78, 5) is 29.5. The van der Waals surface area contributed by atoms with Crippen LogP contribution in [0.4, 0.5) is 18.9 Å². The average molecular weight is 590 g/mol. The number of ether oxygens (including phenoxy) is 1. The van der Waals surface area contributed by atoms with Gasteiger partial charge in [0.1, 0.15) is 24.7 Å². The molecular formula is C28H34F3N7O4. The minimum atomic E-state index is -4.40. The molecule has 2 aromatic carbocycles. The number of aliphatic hydroxyl groups excluding tert-OH is 1. The average Bonchev–Trinajstić information content (AvgIpc) is 3.45. The molecule has 0 fully saturated rings. The Kier molecular flexibility index (Phi) is 9.78. The Labute approximate surface area is 241 Å². The summed E-state index contributed by atoms with van der Waals surface area (Å²) in [5.41, 5.74) is 1.05. The van der Waals surface area contributed by atoms with Gasteiger partial charge in [-0.05, 0) is 60.3 Å². The predicted molar refractivity (Wildman–Crippen MR) is 146 cm³/mol. The monoisotopic (exact) mass is 589 g/mol. The fourth-order valence-electron chi connectivity index (χ4n) is 4.81. The minimum absolute atomic E-state index is 0.00276. The summed E-state index contributed by atoms with van der Waals surface area (Å²) in [6, 6.07) is 9.70. The number of hydrogen-bond donors (Lipinski definition) is 2. The molecule has 0 saturated heterocycles. The quantitative estimate of drug-likeness (QED) is 0.390. The first-order valence-corrected chi connectivity index (χ1v) is 13.5. The van der Waals surface area contributed by atoms with Gasteiger partial charge in [-0.25, -0.2) is 4.68 Å². The van der Waals surface area contributed by atoms with Crippen LogP contribution < -0.4 is 10.1 Å². The summed E-state index contributed by atoms with van der Waals surface area (Å²) in [7, 11) is 1.85. The van der Waals surface area contributed by atoms with Gasteiger partial charge in [0.15, 0.2) is 0 Å². The molecule has 226 valence electrons. The number of anilines is 1. The van der Waals surface area contributed by atoms with E-state index in [0.29, 0.717) is 36.6 Å². The number of nitrogens with zero attached hydrogens (tertiary/aromatic N) is 6. The molecule has 1 aliphatic rings. The smallest absolute Gasteiger partial charge is 0.416 e.